The van der Waals surface area contributed by atoms with Crippen molar-refractivity contribution in [2.45, 2.75) is 12.5 Å². The maximum absolute atomic E-state index is 12.3. The Morgan fingerprint density at radius 2 is 1.85 bits per heavy atom. The van der Waals surface area contributed by atoms with E-state index in [-0.39, 0.29) is 6.61 Å². The zero-order chi connectivity index (χ0) is 19.5. The molecule has 2 aromatic carbocycles. The lowest BCUT2D eigenvalue weighted by Gasteiger charge is -2.18. The number of rotatable bonds is 10. The molecule has 0 radical (unpaired) electrons. The van der Waals surface area contributed by atoms with Gasteiger partial charge in [0.1, 0.15) is 0 Å². The summed E-state index contributed by atoms with van der Waals surface area (Å²) in [5, 5.41) is 15.1. The normalized spacial score (nSPS) is 11.5. The van der Waals surface area contributed by atoms with Gasteiger partial charge in [-0.2, -0.15) is 0 Å². The molecule has 0 aliphatic heterocycles. The molecule has 27 heavy (non-hydrogen) atoms. The summed E-state index contributed by atoms with van der Waals surface area (Å²) in [5.41, 5.74) is 1.38. The van der Waals surface area contributed by atoms with E-state index >= 15 is 0 Å². The number of hydrogen-bond acceptors (Lipinski definition) is 5. The molecular formula is C20H26N2O5. The van der Waals surface area contributed by atoms with Crippen molar-refractivity contribution in [3.63, 3.8) is 0 Å². The average Bonchev–Trinajstić information content (AvgIpc) is 2.70. The summed E-state index contributed by atoms with van der Waals surface area (Å²) >= 11 is 0. The molecule has 146 valence electrons. The Balaban J connectivity index is 1.99. The molecule has 7 heteroatoms. The van der Waals surface area contributed by atoms with Gasteiger partial charge in [0.15, 0.2) is 11.5 Å². The van der Waals surface area contributed by atoms with Crippen molar-refractivity contribution in [2.24, 2.45) is 0 Å². The van der Waals surface area contributed by atoms with Crippen molar-refractivity contribution < 1.29 is 24.1 Å². The number of benzene rings is 2. The van der Waals surface area contributed by atoms with E-state index < -0.39 is 12.1 Å². The lowest BCUT2D eigenvalue weighted by molar-refractivity contribution is 0.170. The quantitative estimate of drug-likeness (QED) is 0.557. The SMILES string of the molecule is COCCCOc1cc(NC(=O)N[C@@H](CO)c2ccccc2)ccc1OC. The van der Waals surface area contributed by atoms with E-state index in [1.54, 1.807) is 32.4 Å². The highest BCUT2D eigenvalue weighted by atomic mass is 16.5. The van der Waals surface area contributed by atoms with Crippen molar-refractivity contribution >= 4 is 11.7 Å². The molecule has 0 saturated carbocycles. The zero-order valence-corrected chi connectivity index (χ0v) is 15.6. The maximum Gasteiger partial charge on any atom is 0.319 e. The van der Waals surface area contributed by atoms with Gasteiger partial charge in [0.2, 0.25) is 0 Å². The van der Waals surface area contributed by atoms with Crippen LogP contribution in [0.1, 0.15) is 18.0 Å². The molecule has 0 bridgehead atoms. The second-order valence-electron chi connectivity index (χ2n) is 5.80. The lowest BCUT2D eigenvalue weighted by atomic mass is 10.1. The summed E-state index contributed by atoms with van der Waals surface area (Å²) in [4.78, 5) is 12.3. The first-order valence-corrected chi connectivity index (χ1v) is 8.71. The topological polar surface area (TPSA) is 89.1 Å². The number of amides is 2. The number of carbonyl (C=O) groups is 1. The van der Waals surface area contributed by atoms with Crippen LogP contribution >= 0.6 is 0 Å². The van der Waals surface area contributed by atoms with Crippen molar-refractivity contribution in [3.05, 3.63) is 54.1 Å². The fourth-order valence-electron chi connectivity index (χ4n) is 2.50. The van der Waals surface area contributed by atoms with Crippen molar-refractivity contribution in [1.29, 1.82) is 0 Å². The Morgan fingerprint density at radius 3 is 2.52 bits per heavy atom. The molecule has 7 nitrogen and oxygen atoms in total. The number of carbonyl (C=O) groups excluding carboxylic acids is 1. The molecule has 0 aliphatic carbocycles. The maximum atomic E-state index is 12.3. The number of methoxy groups -OCH3 is 2. The smallest absolute Gasteiger partial charge is 0.319 e. The number of ether oxygens (including phenoxy) is 3. The first-order chi connectivity index (χ1) is 13.2. The molecule has 0 saturated heterocycles. The third-order valence-corrected chi connectivity index (χ3v) is 3.86. The van der Waals surface area contributed by atoms with Crippen LogP contribution in [0.5, 0.6) is 11.5 Å². The number of anilines is 1. The molecule has 3 N–H and O–H groups in total. The van der Waals surface area contributed by atoms with Crippen LogP contribution in [0.3, 0.4) is 0 Å². The van der Waals surface area contributed by atoms with E-state index in [2.05, 4.69) is 10.6 Å². The summed E-state index contributed by atoms with van der Waals surface area (Å²) < 4.78 is 16.0. The fourth-order valence-corrected chi connectivity index (χ4v) is 2.50. The minimum absolute atomic E-state index is 0.200. The van der Waals surface area contributed by atoms with Crippen molar-refractivity contribution in [1.82, 2.24) is 5.32 Å². The molecule has 0 unspecified atom stereocenters. The second-order valence-corrected chi connectivity index (χ2v) is 5.80. The molecule has 0 aliphatic rings. The van der Waals surface area contributed by atoms with Crippen LogP contribution < -0.4 is 20.1 Å². The molecule has 2 aromatic rings. The second kappa shape index (κ2) is 11.1. The third kappa shape index (κ3) is 6.47. The first kappa shape index (κ1) is 20.5. The molecule has 1 atom stereocenters. The van der Waals surface area contributed by atoms with Crippen LogP contribution in [0.2, 0.25) is 0 Å². The summed E-state index contributed by atoms with van der Waals surface area (Å²) in [6.45, 7) is 0.874. The molecule has 0 fully saturated rings. The van der Waals surface area contributed by atoms with Crippen LogP contribution in [-0.4, -0.2) is 45.2 Å². The van der Waals surface area contributed by atoms with E-state index in [1.807, 2.05) is 30.3 Å². The number of hydrogen-bond donors (Lipinski definition) is 3. The standard InChI is InChI=1S/C20H26N2O5/c1-25-11-6-12-27-19-13-16(9-10-18(19)26-2)21-20(24)22-17(14-23)15-7-4-3-5-8-15/h3-5,7-10,13,17,23H,6,11-12,14H2,1-2H3,(H2,21,22,24)/t17-/m0/s1. The predicted molar refractivity (Wildman–Crippen MR) is 103 cm³/mol. The van der Waals surface area contributed by atoms with Gasteiger partial charge in [0, 0.05) is 31.9 Å². The Labute approximate surface area is 159 Å². The largest absolute Gasteiger partial charge is 0.493 e. The predicted octanol–water partition coefficient (Wildman–Crippen LogP) is 2.97. The van der Waals surface area contributed by atoms with Gasteiger partial charge >= 0.3 is 6.03 Å². The Hall–Kier alpha value is -2.77. The molecule has 0 aromatic heterocycles. The monoisotopic (exact) mass is 374 g/mol. The molecule has 0 spiro atoms. The van der Waals surface area contributed by atoms with Gasteiger partial charge in [0.25, 0.3) is 0 Å². The minimum Gasteiger partial charge on any atom is -0.493 e. The van der Waals surface area contributed by atoms with Crippen LogP contribution in [0.4, 0.5) is 10.5 Å². The van der Waals surface area contributed by atoms with Crippen LogP contribution in [0.25, 0.3) is 0 Å². The van der Waals surface area contributed by atoms with Gasteiger partial charge in [-0.05, 0) is 17.7 Å². The highest BCUT2D eigenvalue weighted by Crippen LogP contribution is 2.30. The summed E-state index contributed by atoms with van der Waals surface area (Å²) in [5.74, 6) is 1.11. The molecule has 0 heterocycles. The number of urea groups is 1. The highest BCUT2D eigenvalue weighted by molar-refractivity contribution is 5.90. The third-order valence-electron chi connectivity index (χ3n) is 3.86. The first-order valence-electron chi connectivity index (χ1n) is 8.71. The number of nitrogens with one attached hydrogen (secondary N) is 2. The van der Waals surface area contributed by atoms with E-state index in [9.17, 15) is 9.90 Å². The highest BCUT2D eigenvalue weighted by Gasteiger charge is 2.14. The van der Waals surface area contributed by atoms with E-state index in [0.717, 1.165) is 12.0 Å². The summed E-state index contributed by atoms with van der Waals surface area (Å²) in [6, 6.07) is 13.5. The van der Waals surface area contributed by atoms with E-state index in [0.29, 0.717) is 30.4 Å². The summed E-state index contributed by atoms with van der Waals surface area (Å²) in [7, 11) is 3.20. The lowest BCUT2D eigenvalue weighted by Crippen LogP contribution is -2.34. The zero-order valence-electron chi connectivity index (χ0n) is 15.6. The Bertz CT molecular complexity index is 709. The van der Waals surface area contributed by atoms with Gasteiger partial charge in [0.05, 0.1) is 26.4 Å². The van der Waals surface area contributed by atoms with Crippen molar-refractivity contribution in [3.8, 4) is 11.5 Å². The fraction of sp³-hybridized carbons (Fsp3) is 0.350. The van der Waals surface area contributed by atoms with Gasteiger partial charge in [-0.15, -0.1) is 0 Å². The van der Waals surface area contributed by atoms with Crippen LogP contribution in [0, 0.1) is 0 Å². The van der Waals surface area contributed by atoms with Gasteiger partial charge in [-0.25, -0.2) is 4.79 Å². The van der Waals surface area contributed by atoms with Gasteiger partial charge in [-0.3, -0.25) is 0 Å². The van der Waals surface area contributed by atoms with Gasteiger partial charge in [-0.1, -0.05) is 30.3 Å². The van der Waals surface area contributed by atoms with Crippen LogP contribution in [0.15, 0.2) is 48.5 Å². The Kier molecular flexibility index (Phi) is 8.41. The number of aliphatic hydroxyl groups excluding tert-OH is 1. The van der Waals surface area contributed by atoms with Gasteiger partial charge < -0.3 is 30.0 Å². The minimum atomic E-state index is -0.491. The summed E-state index contributed by atoms with van der Waals surface area (Å²) in [6.07, 6.45) is 0.743. The van der Waals surface area contributed by atoms with E-state index in [1.165, 1.54) is 0 Å². The molecule has 2 rings (SSSR count). The Morgan fingerprint density at radius 1 is 1.07 bits per heavy atom. The average molecular weight is 374 g/mol. The molecular weight excluding hydrogens is 348 g/mol. The molecule has 2 amide bonds. The number of aliphatic hydroxyl groups is 1. The van der Waals surface area contributed by atoms with E-state index in [4.69, 9.17) is 14.2 Å². The van der Waals surface area contributed by atoms with Crippen molar-refractivity contribution in [2.75, 3.05) is 39.4 Å². The van der Waals surface area contributed by atoms with Crippen LogP contribution in [-0.2, 0) is 4.74 Å².